The Morgan fingerprint density at radius 3 is 2.80 bits per heavy atom. The molecule has 2 heterocycles. The SMILES string of the molecule is CC(O)Cc1c(-c2ccccc2)ncn1Cc1ccc2c(c1)CN=N2. The molecule has 4 rings (SSSR count). The molecule has 0 spiro atoms. The van der Waals surface area contributed by atoms with E-state index in [-0.39, 0.29) is 0 Å². The number of hydrogen-bond donors (Lipinski definition) is 1. The molecule has 126 valence electrons. The number of fused-ring (bicyclic) bond motifs is 1. The lowest BCUT2D eigenvalue weighted by Crippen LogP contribution is -2.11. The van der Waals surface area contributed by atoms with Gasteiger partial charge in [0.15, 0.2) is 0 Å². The molecule has 2 aromatic carbocycles. The predicted octanol–water partition coefficient (Wildman–Crippen LogP) is 4.12. The van der Waals surface area contributed by atoms with E-state index >= 15 is 0 Å². The first-order valence-electron chi connectivity index (χ1n) is 8.47. The highest BCUT2D eigenvalue weighted by molar-refractivity contribution is 5.62. The summed E-state index contributed by atoms with van der Waals surface area (Å²) in [5.74, 6) is 0. The molecule has 0 fully saturated rings. The molecule has 25 heavy (non-hydrogen) atoms. The van der Waals surface area contributed by atoms with Gasteiger partial charge in [-0.15, -0.1) is 0 Å². The van der Waals surface area contributed by atoms with Crippen LogP contribution in [0.25, 0.3) is 11.3 Å². The van der Waals surface area contributed by atoms with E-state index in [2.05, 4.69) is 44.0 Å². The lowest BCUT2D eigenvalue weighted by atomic mass is 10.1. The third-order valence-corrected chi connectivity index (χ3v) is 4.40. The smallest absolute Gasteiger partial charge is 0.0959 e. The maximum absolute atomic E-state index is 9.95. The number of imidazole rings is 1. The molecule has 0 aliphatic carbocycles. The van der Waals surface area contributed by atoms with Crippen LogP contribution in [0.5, 0.6) is 0 Å². The van der Waals surface area contributed by atoms with Crippen LogP contribution in [-0.2, 0) is 19.5 Å². The van der Waals surface area contributed by atoms with E-state index in [9.17, 15) is 5.11 Å². The molecule has 0 bridgehead atoms. The van der Waals surface area contributed by atoms with Crippen molar-refractivity contribution < 1.29 is 5.11 Å². The van der Waals surface area contributed by atoms with E-state index in [0.29, 0.717) is 13.0 Å². The van der Waals surface area contributed by atoms with Gasteiger partial charge in [-0.3, -0.25) is 0 Å². The second-order valence-electron chi connectivity index (χ2n) is 6.45. The number of aliphatic hydroxyl groups is 1. The standard InChI is InChI=1S/C20H20N4O/c1-14(25)9-19-20(16-5-3-2-4-6-16)21-13-24(19)12-15-7-8-18-17(10-15)11-22-23-18/h2-8,10,13-14,25H,9,11-12H2,1H3. The second-order valence-corrected chi connectivity index (χ2v) is 6.45. The number of aromatic nitrogens is 2. The van der Waals surface area contributed by atoms with Crippen LogP contribution in [0.15, 0.2) is 65.1 Å². The van der Waals surface area contributed by atoms with Crippen molar-refractivity contribution in [1.29, 1.82) is 0 Å². The third kappa shape index (κ3) is 3.23. The van der Waals surface area contributed by atoms with Crippen LogP contribution in [0.3, 0.4) is 0 Å². The van der Waals surface area contributed by atoms with Gasteiger partial charge in [0.2, 0.25) is 0 Å². The van der Waals surface area contributed by atoms with Crippen molar-refractivity contribution in [3.8, 4) is 11.3 Å². The van der Waals surface area contributed by atoms with E-state index in [1.165, 1.54) is 5.56 Å². The minimum Gasteiger partial charge on any atom is -0.393 e. The van der Waals surface area contributed by atoms with E-state index in [4.69, 9.17) is 0 Å². The Labute approximate surface area is 146 Å². The molecule has 0 saturated carbocycles. The summed E-state index contributed by atoms with van der Waals surface area (Å²) >= 11 is 0. The lowest BCUT2D eigenvalue weighted by molar-refractivity contribution is 0.193. The summed E-state index contributed by atoms with van der Waals surface area (Å²) in [6.07, 6.45) is 2.01. The van der Waals surface area contributed by atoms with Crippen LogP contribution >= 0.6 is 0 Å². The molecule has 1 atom stereocenters. The molecule has 5 nitrogen and oxygen atoms in total. The van der Waals surface area contributed by atoms with E-state index < -0.39 is 6.10 Å². The average molecular weight is 332 g/mol. The molecule has 0 amide bonds. The molecule has 1 aromatic heterocycles. The third-order valence-electron chi connectivity index (χ3n) is 4.40. The van der Waals surface area contributed by atoms with Crippen molar-refractivity contribution in [3.63, 3.8) is 0 Å². The average Bonchev–Trinajstić information content (AvgIpc) is 3.22. The lowest BCUT2D eigenvalue weighted by Gasteiger charge is -2.12. The monoisotopic (exact) mass is 332 g/mol. The van der Waals surface area contributed by atoms with Gasteiger partial charge in [0, 0.05) is 29.8 Å². The highest BCUT2D eigenvalue weighted by atomic mass is 16.3. The second kappa shape index (κ2) is 6.61. The van der Waals surface area contributed by atoms with Crippen LogP contribution in [0.2, 0.25) is 0 Å². The van der Waals surface area contributed by atoms with Crippen molar-refractivity contribution in [2.45, 2.75) is 32.5 Å². The van der Waals surface area contributed by atoms with Crippen LogP contribution in [0, 0.1) is 0 Å². The fourth-order valence-corrected chi connectivity index (χ4v) is 3.22. The summed E-state index contributed by atoms with van der Waals surface area (Å²) in [6, 6.07) is 16.4. The Balaban J connectivity index is 1.68. The van der Waals surface area contributed by atoms with Gasteiger partial charge in [-0.1, -0.05) is 36.4 Å². The molecule has 5 heteroatoms. The van der Waals surface area contributed by atoms with Gasteiger partial charge in [0.1, 0.15) is 0 Å². The predicted molar refractivity (Wildman–Crippen MR) is 96.8 cm³/mol. The quantitative estimate of drug-likeness (QED) is 0.764. The van der Waals surface area contributed by atoms with Crippen molar-refractivity contribution in [2.75, 3.05) is 0 Å². The zero-order valence-corrected chi connectivity index (χ0v) is 14.1. The first-order chi connectivity index (χ1) is 12.2. The fraction of sp³-hybridized carbons (Fsp3) is 0.250. The maximum atomic E-state index is 9.95. The van der Waals surface area contributed by atoms with E-state index in [0.717, 1.165) is 34.7 Å². The minimum atomic E-state index is -0.421. The highest BCUT2D eigenvalue weighted by Gasteiger charge is 2.16. The van der Waals surface area contributed by atoms with E-state index in [1.54, 1.807) is 0 Å². The normalized spacial score (nSPS) is 13.8. The first kappa shape index (κ1) is 15.7. The van der Waals surface area contributed by atoms with Gasteiger partial charge < -0.3 is 9.67 Å². The summed E-state index contributed by atoms with van der Waals surface area (Å²) in [6.45, 7) is 3.18. The Bertz CT molecular complexity index is 913. The molecule has 0 saturated heterocycles. The van der Waals surface area contributed by atoms with Crippen molar-refractivity contribution in [2.24, 2.45) is 10.2 Å². The van der Waals surface area contributed by atoms with E-state index in [1.807, 2.05) is 37.5 Å². The summed E-state index contributed by atoms with van der Waals surface area (Å²) in [4.78, 5) is 4.62. The number of nitrogens with zero attached hydrogens (tertiary/aromatic N) is 4. The first-order valence-corrected chi connectivity index (χ1v) is 8.47. The van der Waals surface area contributed by atoms with Gasteiger partial charge in [-0.25, -0.2) is 4.98 Å². The van der Waals surface area contributed by atoms with Crippen molar-refractivity contribution in [3.05, 3.63) is 71.7 Å². The van der Waals surface area contributed by atoms with Crippen LogP contribution in [-0.4, -0.2) is 20.8 Å². The number of aliphatic hydroxyl groups excluding tert-OH is 1. The van der Waals surface area contributed by atoms with Crippen molar-refractivity contribution in [1.82, 2.24) is 9.55 Å². The summed E-state index contributed by atoms with van der Waals surface area (Å²) in [5, 5.41) is 18.1. The van der Waals surface area contributed by atoms with Gasteiger partial charge in [-0.2, -0.15) is 10.2 Å². The maximum Gasteiger partial charge on any atom is 0.0959 e. The van der Waals surface area contributed by atoms with Crippen LogP contribution < -0.4 is 0 Å². The topological polar surface area (TPSA) is 62.8 Å². The number of hydrogen-bond acceptors (Lipinski definition) is 4. The molecule has 1 aliphatic heterocycles. The fourth-order valence-electron chi connectivity index (χ4n) is 3.22. The summed E-state index contributed by atoms with van der Waals surface area (Å²) in [5.41, 5.74) is 6.38. The van der Waals surface area contributed by atoms with Gasteiger partial charge in [0.25, 0.3) is 0 Å². The van der Waals surface area contributed by atoms with Crippen LogP contribution in [0.4, 0.5) is 5.69 Å². The minimum absolute atomic E-state index is 0.421. The van der Waals surface area contributed by atoms with Gasteiger partial charge in [0.05, 0.1) is 30.4 Å². The highest BCUT2D eigenvalue weighted by Crippen LogP contribution is 2.29. The molecular formula is C20H20N4O. The zero-order valence-electron chi connectivity index (χ0n) is 14.1. The Morgan fingerprint density at radius 2 is 2.00 bits per heavy atom. The Morgan fingerprint density at radius 1 is 1.16 bits per heavy atom. The molecule has 1 aliphatic rings. The Kier molecular flexibility index (Phi) is 4.15. The van der Waals surface area contributed by atoms with Crippen LogP contribution in [0.1, 0.15) is 23.7 Å². The molecule has 1 unspecified atom stereocenters. The summed E-state index contributed by atoms with van der Waals surface area (Å²) in [7, 11) is 0. The summed E-state index contributed by atoms with van der Waals surface area (Å²) < 4.78 is 2.13. The Hall–Kier alpha value is -2.79. The molecule has 3 aromatic rings. The zero-order chi connectivity index (χ0) is 17.2. The molecule has 0 radical (unpaired) electrons. The largest absolute Gasteiger partial charge is 0.393 e. The molecular weight excluding hydrogens is 312 g/mol. The van der Waals surface area contributed by atoms with Crippen molar-refractivity contribution >= 4 is 5.69 Å². The van der Waals surface area contributed by atoms with Gasteiger partial charge >= 0.3 is 0 Å². The molecule has 1 N–H and O–H groups in total. The van der Waals surface area contributed by atoms with Gasteiger partial charge in [-0.05, 0) is 24.6 Å². The number of azo groups is 1. The number of benzene rings is 2. The number of rotatable bonds is 5.